The minimum absolute atomic E-state index is 0.00700. The molecule has 1 aromatic rings. The van der Waals surface area contributed by atoms with Gasteiger partial charge >= 0.3 is 5.97 Å². The summed E-state index contributed by atoms with van der Waals surface area (Å²) in [5, 5.41) is 3.12. The van der Waals surface area contributed by atoms with Crippen molar-refractivity contribution in [2.45, 2.75) is 78.7 Å². The number of H-pyrrole nitrogens is 1. The van der Waals surface area contributed by atoms with Gasteiger partial charge in [-0.25, -0.2) is 4.79 Å². The zero-order chi connectivity index (χ0) is 24.7. The third-order valence-electron chi connectivity index (χ3n) is 7.51. The number of esters is 1. The molecule has 2 amide bonds. The summed E-state index contributed by atoms with van der Waals surface area (Å²) >= 11 is 0. The first-order valence-corrected chi connectivity index (χ1v) is 13.0. The second-order valence-electron chi connectivity index (χ2n) is 9.78. The molecule has 2 N–H and O–H groups in total. The number of nitrogens with one attached hydrogen (secondary N) is 2. The highest BCUT2D eigenvalue weighted by Gasteiger charge is 2.28. The van der Waals surface area contributed by atoms with Gasteiger partial charge < -0.3 is 24.8 Å². The van der Waals surface area contributed by atoms with Crippen molar-refractivity contribution in [1.29, 1.82) is 0 Å². The molecule has 0 aromatic carbocycles. The lowest BCUT2D eigenvalue weighted by Crippen LogP contribution is -2.43. The molecule has 8 nitrogen and oxygen atoms in total. The number of aromatic nitrogens is 1. The average Bonchev–Trinajstić information content (AvgIpc) is 3.46. The van der Waals surface area contributed by atoms with Gasteiger partial charge in [0.25, 0.3) is 0 Å². The number of carbonyl (C=O) groups excluding carboxylic acids is 3. The molecule has 2 aliphatic heterocycles. The summed E-state index contributed by atoms with van der Waals surface area (Å²) < 4.78 is 5.11. The average molecular weight is 475 g/mol. The van der Waals surface area contributed by atoms with Gasteiger partial charge in [-0.05, 0) is 90.4 Å². The summed E-state index contributed by atoms with van der Waals surface area (Å²) in [5.74, 6) is -0.124. The largest absolute Gasteiger partial charge is 0.461 e. The number of aromatic amines is 1. The molecule has 2 saturated heterocycles. The standard InChI is InChI=1S/C26H42N4O4/c1-5-34-26(33)24-19(3)22(20(4)28-24)8-9-23(31)30-16-11-21(12-17-30)25(32)27-13-10-18(2)29-14-6-7-15-29/h18,21,28H,5-17H2,1-4H3,(H,27,32). The van der Waals surface area contributed by atoms with Crippen LogP contribution in [0.3, 0.4) is 0 Å². The van der Waals surface area contributed by atoms with Crippen LogP contribution in [0.4, 0.5) is 0 Å². The van der Waals surface area contributed by atoms with E-state index in [1.54, 1.807) is 6.92 Å². The number of ether oxygens (including phenoxy) is 1. The molecule has 8 heteroatoms. The molecule has 1 atom stereocenters. The topological polar surface area (TPSA) is 94.7 Å². The quantitative estimate of drug-likeness (QED) is 0.509. The Labute approximate surface area is 203 Å². The van der Waals surface area contributed by atoms with Crippen molar-refractivity contribution >= 4 is 17.8 Å². The molecule has 2 fully saturated rings. The normalized spacial score (nSPS) is 18.2. The van der Waals surface area contributed by atoms with Gasteiger partial charge in [0, 0.05) is 43.7 Å². The van der Waals surface area contributed by atoms with Crippen molar-refractivity contribution in [3.05, 3.63) is 22.5 Å². The third kappa shape index (κ3) is 6.62. The van der Waals surface area contributed by atoms with E-state index in [0.29, 0.717) is 57.1 Å². The second-order valence-corrected chi connectivity index (χ2v) is 9.78. The van der Waals surface area contributed by atoms with Crippen LogP contribution in [-0.4, -0.2) is 77.9 Å². The van der Waals surface area contributed by atoms with Crippen molar-refractivity contribution in [3.63, 3.8) is 0 Å². The van der Waals surface area contributed by atoms with Crippen molar-refractivity contribution in [2.75, 3.05) is 39.3 Å². The minimum atomic E-state index is -0.355. The predicted octanol–water partition coefficient (Wildman–Crippen LogP) is 2.97. The molecule has 3 rings (SSSR count). The van der Waals surface area contributed by atoms with E-state index in [2.05, 4.69) is 22.1 Å². The fourth-order valence-corrected chi connectivity index (χ4v) is 5.27. The molecule has 1 aromatic heterocycles. The highest BCUT2D eigenvalue weighted by molar-refractivity contribution is 5.90. The highest BCUT2D eigenvalue weighted by atomic mass is 16.5. The molecule has 0 bridgehead atoms. The molecule has 34 heavy (non-hydrogen) atoms. The van der Waals surface area contributed by atoms with Gasteiger partial charge in [-0.15, -0.1) is 0 Å². The maximum absolute atomic E-state index is 12.8. The van der Waals surface area contributed by atoms with Crippen molar-refractivity contribution in [1.82, 2.24) is 20.1 Å². The molecular formula is C26H42N4O4. The minimum Gasteiger partial charge on any atom is -0.461 e. The van der Waals surface area contributed by atoms with Gasteiger partial charge in [-0.3, -0.25) is 9.59 Å². The fourth-order valence-electron chi connectivity index (χ4n) is 5.27. The lowest BCUT2D eigenvalue weighted by molar-refractivity contribution is -0.135. The van der Waals surface area contributed by atoms with Crippen molar-refractivity contribution in [2.24, 2.45) is 5.92 Å². The number of rotatable bonds is 10. The zero-order valence-electron chi connectivity index (χ0n) is 21.4. The molecule has 0 aliphatic carbocycles. The van der Waals surface area contributed by atoms with Crippen LogP contribution in [0.2, 0.25) is 0 Å². The van der Waals surface area contributed by atoms with E-state index < -0.39 is 0 Å². The Balaban J connectivity index is 1.39. The fraction of sp³-hybridized carbons (Fsp3) is 0.731. The molecule has 3 heterocycles. The molecule has 0 saturated carbocycles. The van der Waals surface area contributed by atoms with Crippen LogP contribution < -0.4 is 5.32 Å². The SMILES string of the molecule is CCOC(=O)c1[nH]c(C)c(CCC(=O)N2CCC(C(=O)NCCC(C)N3CCCC3)CC2)c1C. The summed E-state index contributed by atoms with van der Waals surface area (Å²) in [4.78, 5) is 45.0. The van der Waals surface area contributed by atoms with Crippen molar-refractivity contribution < 1.29 is 19.1 Å². The number of carbonyl (C=O) groups is 3. The Morgan fingerprint density at radius 2 is 1.79 bits per heavy atom. The van der Waals surface area contributed by atoms with E-state index >= 15 is 0 Å². The Bertz CT molecular complexity index is 851. The first-order chi connectivity index (χ1) is 16.3. The van der Waals surface area contributed by atoms with Gasteiger partial charge in [0.1, 0.15) is 5.69 Å². The summed E-state index contributed by atoms with van der Waals surface area (Å²) in [6.07, 6.45) is 5.97. The number of likely N-dealkylation sites (tertiary alicyclic amines) is 2. The smallest absolute Gasteiger partial charge is 0.355 e. The van der Waals surface area contributed by atoms with E-state index in [1.165, 1.54) is 25.9 Å². The number of amides is 2. The van der Waals surface area contributed by atoms with Crippen LogP contribution in [0.1, 0.15) is 79.7 Å². The first kappa shape index (κ1) is 26.3. The van der Waals surface area contributed by atoms with Crippen molar-refractivity contribution in [3.8, 4) is 0 Å². The molecular weight excluding hydrogens is 432 g/mol. The highest BCUT2D eigenvalue weighted by Crippen LogP contribution is 2.22. The number of aryl methyl sites for hydroxylation is 1. The lowest BCUT2D eigenvalue weighted by atomic mass is 9.95. The Morgan fingerprint density at radius 1 is 1.12 bits per heavy atom. The third-order valence-corrected chi connectivity index (χ3v) is 7.51. The molecule has 1 unspecified atom stereocenters. The summed E-state index contributed by atoms with van der Waals surface area (Å²) in [6.45, 7) is 12.5. The summed E-state index contributed by atoms with van der Waals surface area (Å²) in [5.41, 5.74) is 3.25. The van der Waals surface area contributed by atoms with Gasteiger partial charge in [-0.2, -0.15) is 0 Å². The van der Waals surface area contributed by atoms with Crippen LogP contribution >= 0.6 is 0 Å². The van der Waals surface area contributed by atoms with E-state index in [1.807, 2.05) is 18.7 Å². The van der Waals surface area contributed by atoms with Crippen LogP contribution in [0, 0.1) is 19.8 Å². The van der Waals surface area contributed by atoms with Crippen LogP contribution in [0.5, 0.6) is 0 Å². The number of piperidine rings is 1. The van der Waals surface area contributed by atoms with Gasteiger partial charge in [0.05, 0.1) is 6.61 Å². The number of nitrogens with zero attached hydrogens (tertiary/aromatic N) is 2. The monoisotopic (exact) mass is 474 g/mol. The van der Waals surface area contributed by atoms with Gasteiger partial charge in [0.15, 0.2) is 0 Å². The second kappa shape index (κ2) is 12.4. The maximum atomic E-state index is 12.8. The number of hydrogen-bond donors (Lipinski definition) is 2. The maximum Gasteiger partial charge on any atom is 0.355 e. The molecule has 0 spiro atoms. The molecule has 2 aliphatic rings. The van der Waals surface area contributed by atoms with Gasteiger partial charge in [-0.1, -0.05) is 0 Å². The van der Waals surface area contributed by atoms with E-state index in [-0.39, 0.29) is 23.7 Å². The predicted molar refractivity (Wildman–Crippen MR) is 132 cm³/mol. The van der Waals surface area contributed by atoms with E-state index in [9.17, 15) is 14.4 Å². The molecule has 0 radical (unpaired) electrons. The number of hydrogen-bond acceptors (Lipinski definition) is 5. The first-order valence-electron chi connectivity index (χ1n) is 13.0. The zero-order valence-corrected chi connectivity index (χ0v) is 21.4. The van der Waals surface area contributed by atoms with Gasteiger partial charge in [0.2, 0.25) is 11.8 Å². The van der Waals surface area contributed by atoms with E-state index in [0.717, 1.165) is 29.8 Å². The summed E-state index contributed by atoms with van der Waals surface area (Å²) in [7, 11) is 0. The lowest BCUT2D eigenvalue weighted by Gasteiger charge is -2.31. The van der Waals surface area contributed by atoms with Crippen LogP contribution in [0.15, 0.2) is 0 Å². The Kier molecular flexibility index (Phi) is 9.56. The Morgan fingerprint density at radius 3 is 2.44 bits per heavy atom. The Hall–Kier alpha value is -2.35. The van der Waals surface area contributed by atoms with Crippen LogP contribution in [0.25, 0.3) is 0 Å². The van der Waals surface area contributed by atoms with Crippen LogP contribution in [-0.2, 0) is 20.7 Å². The molecule has 190 valence electrons. The summed E-state index contributed by atoms with van der Waals surface area (Å²) in [6, 6.07) is 0.517. The van der Waals surface area contributed by atoms with E-state index in [4.69, 9.17) is 4.74 Å².